The molecule has 78 valence electrons. The summed E-state index contributed by atoms with van der Waals surface area (Å²) in [6.45, 7) is 1.49. The lowest BCUT2D eigenvalue weighted by Crippen LogP contribution is -1.98. The van der Waals surface area contributed by atoms with Gasteiger partial charge in [0.1, 0.15) is 11.6 Å². The van der Waals surface area contributed by atoms with Crippen LogP contribution in [0.3, 0.4) is 0 Å². The molecule has 0 unspecified atom stereocenters. The number of ether oxygens (including phenoxy) is 1. The molecule has 0 atom stereocenters. The van der Waals surface area contributed by atoms with Crippen LogP contribution in [0.5, 0.6) is 5.75 Å². The van der Waals surface area contributed by atoms with Gasteiger partial charge in [0.2, 0.25) is 0 Å². The van der Waals surface area contributed by atoms with E-state index in [2.05, 4.69) is 0 Å². The fraction of sp³-hybridized carbons (Fsp3) is 0.250. The van der Waals surface area contributed by atoms with Gasteiger partial charge >= 0.3 is 0 Å². The molecule has 0 spiro atoms. The van der Waals surface area contributed by atoms with Gasteiger partial charge in [0.25, 0.3) is 9.05 Å². The summed E-state index contributed by atoms with van der Waals surface area (Å²) in [5.74, 6) is -0.545. The topological polar surface area (TPSA) is 43.4 Å². The SMILES string of the molecule is COc1cc(F)cc(S(=O)(=O)Cl)c1C. The molecule has 0 N–H and O–H groups in total. The highest BCUT2D eigenvalue weighted by atomic mass is 35.7. The lowest BCUT2D eigenvalue weighted by Gasteiger charge is -2.07. The Kier molecular flexibility index (Phi) is 3.01. The zero-order valence-electron chi connectivity index (χ0n) is 7.54. The summed E-state index contributed by atoms with van der Waals surface area (Å²) in [7, 11) is 2.50. The summed E-state index contributed by atoms with van der Waals surface area (Å²) >= 11 is 0. The Bertz CT molecular complexity index is 456. The van der Waals surface area contributed by atoms with Gasteiger partial charge in [0.05, 0.1) is 12.0 Å². The van der Waals surface area contributed by atoms with E-state index in [9.17, 15) is 12.8 Å². The van der Waals surface area contributed by atoms with Gasteiger partial charge < -0.3 is 4.74 Å². The van der Waals surface area contributed by atoms with E-state index >= 15 is 0 Å². The monoisotopic (exact) mass is 238 g/mol. The minimum atomic E-state index is -3.94. The van der Waals surface area contributed by atoms with E-state index in [1.807, 2.05) is 0 Å². The molecule has 0 heterocycles. The molecule has 1 aromatic rings. The van der Waals surface area contributed by atoms with Crippen molar-refractivity contribution in [2.75, 3.05) is 7.11 Å². The first-order valence-corrected chi connectivity index (χ1v) is 5.96. The Morgan fingerprint density at radius 2 is 2.00 bits per heavy atom. The van der Waals surface area contributed by atoms with Crippen molar-refractivity contribution < 1.29 is 17.5 Å². The van der Waals surface area contributed by atoms with Crippen LogP contribution in [-0.4, -0.2) is 15.5 Å². The molecule has 0 aliphatic rings. The Hall–Kier alpha value is -0.810. The molecular weight excluding hydrogens is 231 g/mol. The third kappa shape index (κ3) is 2.16. The van der Waals surface area contributed by atoms with E-state index in [0.29, 0.717) is 5.56 Å². The summed E-state index contributed by atoms with van der Waals surface area (Å²) in [5.41, 5.74) is 0.295. The normalized spacial score (nSPS) is 11.4. The van der Waals surface area contributed by atoms with E-state index in [-0.39, 0.29) is 10.6 Å². The largest absolute Gasteiger partial charge is 0.496 e. The summed E-state index contributed by atoms with van der Waals surface area (Å²) in [4.78, 5) is -0.268. The van der Waals surface area contributed by atoms with E-state index < -0.39 is 14.9 Å². The second-order valence-electron chi connectivity index (χ2n) is 2.67. The van der Waals surface area contributed by atoms with Crippen LogP contribution in [0.1, 0.15) is 5.56 Å². The number of rotatable bonds is 2. The molecule has 14 heavy (non-hydrogen) atoms. The zero-order valence-corrected chi connectivity index (χ0v) is 9.12. The molecule has 0 fully saturated rings. The van der Waals surface area contributed by atoms with Crippen molar-refractivity contribution in [3.63, 3.8) is 0 Å². The van der Waals surface area contributed by atoms with E-state index in [4.69, 9.17) is 15.4 Å². The third-order valence-electron chi connectivity index (χ3n) is 1.76. The first kappa shape index (κ1) is 11.3. The van der Waals surface area contributed by atoms with Crippen LogP contribution in [0.25, 0.3) is 0 Å². The number of hydrogen-bond acceptors (Lipinski definition) is 3. The van der Waals surface area contributed by atoms with Gasteiger partial charge in [-0.25, -0.2) is 12.8 Å². The first-order chi connectivity index (χ1) is 6.36. The predicted molar refractivity (Wildman–Crippen MR) is 50.7 cm³/mol. The lowest BCUT2D eigenvalue weighted by molar-refractivity contribution is 0.406. The maximum atomic E-state index is 12.9. The van der Waals surface area contributed by atoms with Gasteiger partial charge in [-0.1, -0.05) is 0 Å². The predicted octanol–water partition coefficient (Wildman–Crippen LogP) is 2.07. The fourth-order valence-corrected chi connectivity index (χ4v) is 2.30. The summed E-state index contributed by atoms with van der Waals surface area (Å²) in [6.07, 6.45) is 0. The fourth-order valence-electron chi connectivity index (χ4n) is 1.10. The van der Waals surface area contributed by atoms with Crippen molar-refractivity contribution in [1.82, 2.24) is 0 Å². The van der Waals surface area contributed by atoms with Crippen LogP contribution in [0.4, 0.5) is 4.39 Å². The van der Waals surface area contributed by atoms with Crippen LogP contribution in [-0.2, 0) is 9.05 Å². The second kappa shape index (κ2) is 3.74. The minimum Gasteiger partial charge on any atom is -0.496 e. The molecule has 0 aliphatic heterocycles. The Labute approximate surface area is 85.9 Å². The first-order valence-electron chi connectivity index (χ1n) is 3.65. The molecule has 6 heteroatoms. The van der Waals surface area contributed by atoms with E-state index in [1.165, 1.54) is 14.0 Å². The smallest absolute Gasteiger partial charge is 0.261 e. The maximum absolute atomic E-state index is 12.9. The zero-order chi connectivity index (χ0) is 10.9. The van der Waals surface area contributed by atoms with Gasteiger partial charge in [-0.05, 0) is 13.0 Å². The van der Waals surface area contributed by atoms with Crippen LogP contribution in [0.15, 0.2) is 17.0 Å². The lowest BCUT2D eigenvalue weighted by atomic mass is 10.2. The molecule has 1 aromatic carbocycles. The number of halogens is 2. The average molecular weight is 239 g/mol. The van der Waals surface area contributed by atoms with Crippen molar-refractivity contribution in [2.24, 2.45) is 0 Å². The van der Waals surface area contributed by atoms with E-state index in [0.717, 1.165) is 12.1 Å². The van der Waals surface area contributed by atoms with E-state index in [1.54, 1.807) is 0 Å². The molecule has 0 saturated heterocycles. The number of benzene rings is 1. The van der Waals surface area contributed by atoms with Crippen molar-refractivity contribution in [2.45, 2.75) is 11.8 Å². The minimum absolute atomic E-state index is 0.157. The Balaban J connectivity index is 3.53. The van der Waals surface area contributed by atoms with Gasteiger partial charge in [-0.15, -0.1) is 0 Å². The molecule has 0 aliphatic carbocycles. The second-order valence-corrected chi connectivity index (χ2v) is 5.20. The molecule has 0 saturated carbocycles. The quantitative estimate of drug-likeness (QED) is 0.741. The molecular formula is C8H8ClFO3S. The highest BCUT2D eigenvalue weighted by Gasteiger charge is 2.17. The third-order valence-corrected chi connectivity index (χ3v) is 3.21. The molecule has 0 amide bonds. The highest BCUT2D eigenvalue weighted by Crippen LogP contribution is 2.28. The molecule has 0 aromatic heterocycles. The van der Waals surface area contributed by atoms with Crippen molar-refractivity contribution in [1.29, 1.82) is 0 Å². The van der Waals surface area contributed by atoms with Crippen LogP contribution < -0.4 is 4.74 Å². The van der Waals surface area contributed by atoms with Gasteiger partial charge in [-0.2, -0.15) is 0 Å². The van der Waals surface area contributed by atoms with Crippen molar-refractivity contribution >= 4 is 19.7 Å². The molecule has 3 nitrogen and oxygen atoms in total. The maximum Gasteiger partial charge on any atom is 0.261 e. The van der Waals surface area contributed by atoms with Crippen molar-refractivity contribution in [3.8, 4) is 5.75 Å². The van der Waals surface area contributed by atoms with Crippen LogP contribution in [0, 0.1) is 12.7 Å². The summed E-state index contributed by atoms with van der Waals surface area (Å²) in [5, 5.41) is 0. The summed E-state index contributed by atoms with van der Waals surface area (Å²) in [6, 6.07) is 1.96. The molecule has 0 radical (unpaired) electrons. The molecule has 0 bridgehead atoms. The average Bonchev–Trinajstić information content (AvgIpc) is 2.06. The van der Waals surface area contributed by atoms with Gasteiger partial charge in [0.15, 0.2) is 0 Å². The summed E-state index contributed by atoms with van der Waals surface area (Å²) < 4.78 is 39.8. The van der Waals surface area contributed by atoms with Crippen LogP contribution >= 0.6 is 10.7 Å². The van der Waals surface area contributed by atoms with Crippen molar-refractivity contribution in [3.05, 3.63) is 23.5 Å². The van der Waals surface area contributed by atoms with Crippen LogP contribution in [0.2, 0.25) is 0 Å². The highest BCUT2D eigenvalue weighted by molar-refractivity contribution is 8.13. The molecule has 1 rings (SSSR count). The number of methoxy groups -OCH3 is 1. The van der Waals surface area contributed by atoms with Gasteiger partial charge in [0, 0.05) is 22.3 Å². The Morgan fingerprint density at radius 1 is 1.43 bits per heavy atom. The standard InChI is InChI=1S/C8H8ClFO3S/c1-5-7(13-2)3-6(10)4-8(5)14(9,11)12/h3-4H,1-2H3. The Morgan fingerprint density at radius 3 is 2.43 bits per heavy atom. The number of hydrogen-bond donors (Lipinski definition) is 0. The van der Waals surface area contributed by atoms with Gasteiger partial charge in [-0.3, -0.25) is 0 Å².